The molecule has 3 nitrogen and oxygen atoms in total. The number of aliphatic hydroxyl groups excluding tert-OH is 2. The van der Waals surface area contributed by atoms with Crippen molar-refractivity contribution >= 4 is 0 Å². The highest BCUT2D eigenvalue weighted by molar-refractivity contribution is 4.68. The van der Waals surface area contributed by atoms with Crippen molar-refractivity contribution in [3.05, 3.63) is 0 Å². The van der Waals surface area contributed by atoms with Crippen molar-refractivity contribution in [2.24, 2.45) is 0 Å². The summed E-state index contributed by atoms with van der Waals surface area (Å²) in [7, 11) is 1.00. The third-order valence-corrected chi connectivity index (χ3v) is 1.52. The molecule has 2 unspecified atom stereocenters. The van der Waals surface area contributed by atoms with Crippen LogP contribution in [0.2, 0.25) is 0 Å². The van der Waals surface area contributed by atoms with Crippen molar-refractivity contribution < 1.29 is 14.9 Å². The number of ether oxygens (including phenoxy) is 1. The molecule has 0 bridgehead atoms. The Morgan fingerprint density at radius 1 is 1.40 bits per heavy atom. The van der Waals surface area contributed by atoms with Crippen LogP contribution in [-0.2, 0) is 4.74 Å². The monoisotopic (exact) mass is 148 g/mol. The van der Waals surface area contributed by atoms with Crippen LogP contribution in [0.3, 0.4) is 0 Å². The normalized spacial score (nSPS) is 31.2. The van der Waals surface area contributed by atoms with Gasteiger partial charge in [-0.25, -0.2) is 0 Å². The largest absolute Gasteiger partial charge is 0.400 e. The number of aliphatic hydroxyl groups is 2. The minimum atomic E-state index is 0.130. The average molecular weight is 148 g/mol. The maximum absolute atomic E-state index is 8.56. The van der Waals surface area contributed by atoms with Gasteiger partial charge < -0.3 is 14.9 Å². The Morgan fingerprint density at radius 3 is 2.20 bits per heavy atom. The van der Waals surface area contributed by atoms with Crippen LogP contribution in [0.4, 0.5) is 0 Å². The second-order valence-electron chi connectivity index (χ2n) is 2.33. The molecule has 0 aromatic carbocycles. The molecular formula is C7H16O3. The molecule has 1 aliphatic heterocycles. The van der Waals surface area contributed by atoms with Crippen molar-refractivity contribution in [3.63, 3.8) is 0 Å². The highest BCUT2D eigenvalue weighted by Gasteiger charge is 2.19. The van der Waals surface area contributed by atoms with E-state index < -0.39 is 0 Å². The van der Waals surface area contributed by atoms with Crippen molar-refractivity contribution in [1.82, 2.24) is 0 Å². The van der Waals surface area contributed by atoms with Gasteiger partial charge in [0.1, 0.15) is 0 Å². The number of hydrogen-bond acceptors (Lipinski definition) is 3. The summed E-state index contributed by atoms with van der Waals surface area (Å²) in [6.07, 6.45) is 2.63. The van der Waals surface area contributed by atoms with E-state index in [9.17, 15) is 0 Å². The zero-order valence-corrected chi connectivity index (χ0v) is 6.58. The van der Waals surface area contributed by atoms with Crippen molar-refractivity contribution in [2.75, 3.05) is 13.7 Å². The van der Waals surface area contributed by atoms with Gasteiger partial charge in [0, 0.05) is 7.11 Å². The van der Waals surface area contributed by atoms with Crippen LogP contribution in [0.5, 0.6) is 0 Å². The van der Waals surface area contributed by atoms with Gasteiger partial charge in [-0.2, -0.15) is 0 Å². The lowest BCUT2D eigenvalue weighted by Crippen LogP contribution is -2.11. The van der Waals surface area contributed by atoms with E-state index in [1.54, 1.807) is 0 Å². The Kier molecular flexibility index (Phi) is 5.58. The first kappa shape index (κ1) is 9.88. The maximum atomic E-state index is 8.56. The summed E-state index contributed by atoms with van der Waals surface area (Å²) in [5.41, 5.74) is 0. The smallest absolute Gasteiger partial charge is 0.0810 e. The summed E-state index contributed by atoms with van der Waals surface area (Å²) in [6, 6.07) is 0. The fourth-order valence-corrected chi connectivity index (χ4v) is 1.02. The molecular weight excluding hydrogens is 132 g/mol. The molecule has 10 heavy (non-hydrogen) atoms. The third-order valence-electron chi connectivity index (χ3n) is 1.52. The average Bonchev–Trinajstić information content (AvgIpc) is 2.40. The lowest BCUT2D eigenvalue weighted by atomic mass is 10.2. The first-order chi connectivity index (χ1) is 4.83. The Labute approximate surface area is 61.6 Å². The van der Waals surface area contributed by atoms with Crippen LogP contribution in [0, 0.1) is 0 Å². The van der Waals surface area contributed by atoms with Crippen molar-refractivity contribution in [2.45, 2.75) is 32.0 Å². The van der Waals surface area contributed by atoms with Gasteiger partial charge in [0.15, 0.2) is 0 Å². The van der Waals surface area contributed by atoms with Crippen molar-refractivity contribution in [3.8, 4) is 0 Å². The first-order valence-electron chi connectivity index (χ1n) is 3.54. The van der Waals surface area contributed by atoms with E-state index >= 15 is 0 Å². The minimum absolute atomic E-state index is 0.130. The van der Waals surface area contributed by atoms with Crippen LogP contribution < -0.4 is 0 Å². The van der Waals surface area contributed by atoms with Crippen LogP contribution in [0.1, 0.15) is 19.8 Å². The third kappa shape index (κ3) is 3.15. The Hall–Kier alpha value is -0.120. The molecule has 2 atom stereocenters. The molecule has 0 aromatic rings. The van der Waals surface area contributed by atoms with Gasteiger partial charge in [-0.05, 0) is 19.8 Å². The highest BCUT2D eigenvalue weighted by atomic mass is 16.5. The Morgan fingerprint density at radius 2 is 2.00 bits per heavy atom. The van der Waals surface area contributed by atoms with Crippen LogP contribution in [0.25, 0.3) is 0 Å². The van der Waals surface area contributed by atoms with E-state index in [0.717, 1.165) is 20.0 Å². The molecule has 0 spiro atoms. The SMILES string of the molecule is CC1CCC(CO)O1.CO. The summed E-state index contributed by atoms with van der Waals surface area (Å²) in [6.45, 7) is 2.22. The van der Waals surface area contributed by atoms with Crippen LogP contribution >= 0.6 is 0 Å². The lowest BCUT2D eigenvalue weighted by Gasteiger charge is -2.05. The van der Waals surface area contributed by atoms with Crippen LogP contribution in [0.15, 0.2) is 0 Å². The predicted molar refractivity (Wildman–Crippen MR) is 38.8 cm³/mol. The summed E-state index contributed by atoms with van der Waals surface area (Å²) >= 11 is 0. The summed E-state index contributed by atoms with van der Waals surface area (Å²) < 4.78 is 5.26. The minimum Gasteiger partial charge on any atom is -0.400 e. The zero-order chi connectivity index (χ0) is 7.98. The van der Waals surface area contributed by atoms with Gasteiger partial charge in [0.2, 0.25) is 0 Å². The van der Waals surface area contributed by atoms with E-state index in [-0.39, 0.29) is 12.7 Å². The van der Waals surface area contributed by atoms with Crippen LogP contribution in [-0.4, -0.2) is 36.1 Å². The number of hydrogen-bond donors (Lipinski definition) is 2. The standard InChI is InChI=1S/C6H12O2.CH4O/c1-5-2-3-6(4-7)8-5;1-2/h5-7H,2-4H2,1H3;2H,1H3. The van der Waals surface area contributed by atoms with Gasteiger partial charge in [-0.15, -0.1) is 0 Å². The lowest BCUT2D eigenvalue weighted by molar-refractivity contribution is 0.0198. The zero-order valence-electron chi connectivity index (χ0n) is 6.58. The van der Waals surface area contributed by atoms with E-state index in [0.29, 0.717) is 6.10 Å². The molecule has 1 aliphatic rings. The first-order valence-corrected chi connectivity index (χ1v) is 3.54. The summed E-state index contributed by atoms with van der Waals surface area (Å²) in [4.78, 5) is 0. The predicted octanol–water partition coefficient (Wildman–Crippen LogP) is 0.155. The molecule has 1 rings (SSSR count). The molecule has 0 saturated carbocycles. The fraction of sp³-hybridized carbons (Fsp3) is 1.00. The topological polar surface area (TPSA) is 49.7 Å². The van der Waals surface area contributed by atoms with Gasteiger partial charge in [-0.3, -0.25) is 0 Å². The molecule has 62 valence electrons. The molecule has 1 saturated heterocycles. The molecule has 0 amide bonds. The Balaban J connectivity index is 0.000000371. The van der Waals surface area contributed by atoms with Gasteiger partial charge in [0.05, 0.1) is 18.8 Å². The Bertz CT molecular complexity index is 75.3. The molecule has 3 heteroatoms. The molecule has 1 fully saturated rings. The molecule has 1 heterocycles. The van der Waals surface area contributed by atoms with E-state index in [2.05, 4.69) is 0 Å². The molecule has 0 aliphatic carbocycles. The van der Waals surface area contributed by atoms with E-state index in [1.807, 2.05) is 6.92 Å². The summed E-state index contributed by atoms with van der Waals surface area (Å²) in [5.74, 6) is 0. The second kappa shape index (κ2) is 5.65. The highest BCUT2D eigenvalue weighted by Crippen LogP contribution is 2.17. The fourth-order valence-electron chi connectivity index (χ4n) is 1.02. The van der Waals surface area contributed by atoms with E-state index in [4.69, 9.17) is 14.9 Å². The molecule has 0 aromatic heterocycles. The number of rotatable bonds is 1. The van der Waals surface area contributed by atoms with Gasteiger partial charge in [0.25, 0.3) is 0 Å². The summed E-state index contributed by atoms with van der Waals surface area (Å²) in [5, 5.41) is 15.6. The van der Waals surface area contributed by atoms with Gasteiger partial charge in [-0.1, -0.05) is 0 Å². The molecule has 0 radical (unpaired) electrons. The maximum Gasteiger partial charge on any atom is 0.0810 e. The van der Waals surface area contributed by atoms with Crippen molar-refractivity contribution in [1.29, 1.82) is 0 Å². The van der Waals surface area contributed by atoms with E-state index in [1.165, 1.54) is 0 Å². The molecule has 2 N–H and O–H groups in total. The second-order valence-corrected chi connectivity index (χ2v) is 2.33. The quantitative estimate of drug-likeness (QED) is 0.556. The van der Waals surface area contributed by atoms with Gasteiger partial charge >= 0.3 is 0 Å².